The summed E-state index contributed by atoms with van der Waals surface area (Å²) in [4.78, 5) is 0. The molecule has 0 radical (unpaired) electrons. The van der Waals surface area contributed by atoms with E-state index in [0.717, 1.165) is 11.3 Å². The Balaban J connectivity index is 2.74. The largest absolute Gasteiger partial charge is 0.491 e. The molecule has 1 heteroatoms. The van der Waals surface area contributed by atoms with Crippen molar-refractivity contribution in [1.82, 2.24) is 0 Å². The Hall–Kier alpha value is -1.42. The molecule has 0 aromatic heterocycles. The maximum Gasteiger partial charge on any atom is 0.119 e. The lowest BCUT2D eigenvalue weighted by Crippen LogP contribution is -2.05. The van der Waals surface area contributed by atoms with E-state index in [0.29, 0.717) is 6.42 Å². The summed E-state index contributed by atoms with van der Waals surface area (Å²) in [5.74, 6) is 3.50. The number of benzene rings is 1. The summed E-state index contributed by atoms with van der Waals surface area (Å²) in [7, 11) is 0. The third-order valence-corrected chi connectivity index (χ3v) is 1.58. The third kappa shape index (κ3) is 3.21. The fraction of sp³-hybridized carbons (Fsp3) is 0.333. The van der Waals surface area contributed by atoms with Crippen molar-refractivity contribution in [2.24, 2.45) is 0 Å². The molecule has 0 heterocycles. The second-order valence-corrected chi connectivity index (χ2v) is 3.19. The molecule has 0 fully saturated rings. The number of rotatable bonds is 3. The second kappa shape index (κ2) is 4.57. The van der Waals surface area contributed by atoms with Gasteiger partial charge in [0, 0.05) is 6.42 Å². The predicted molar refractivity (Wildman–Crippen MR) is 54.7 cm³/mol. The zero-order valence-electron chi connectivity index (χ0n) is 8.08. The molecule has 0 aliphatic heterocycles. The van der Waals surface area contributed by atoms with Gasteiger partial charge < -0.3 is 4.74 Å². The van der Waals surface area contributed by atoms with Crippen LogP contribution in [0.2, 0.25) is 0 Å². The Labute approximate surface area is 79.7 Å². The van der Waals surface area contributed by atoms with Crippen molar-refractivity contribution in [3.05, 3.63) is 29.8 Å². The summed E-state index contributed by atoms with van der Waals surface area (Å²) in [6, 6.07) is 7.90. The molecule has 0 bridgehead atoms. The topological polar surface area (TPSA) is 9.23 Å². The van der Waals surface area contributed by atoms with Crippen molar-refractivity contribution in [3.8, 4) is 18.1 Å². The Morgan fingerprint density at radius 2 is 2.23 bits per heavy atom. The van der Waals surface area contributed by atoms with Gasteiger partial charge >= 0.3 is 0 Å². The van der Waals surface area contributed by atoms with Gasteiger partial charge in [-0.15, -0.1) is 12.3 Å². The van der Waals surface area contributed by atoms with Gasteiger partial charge in [0.1, 0.15) is 5.75 Å². The molecule has 0 saturated carbocycles. The number of hydrogen-bond donors (Lipinski definition) is 0. The Morgan fingerprint density at radius 3 is 2.85 bits per heavy atom. The second-order valence-electron chi connectivity index (χ2n) is 3.19. The molecule has 0 atom stereocenters. The van der Waals surface area contributed by atoms with Crippen LogP contribution in [0.1, 0.15) is 19.4 Å². The molecule has 1 nitrogen and oxygen atoms in total. The molecule has 0 spiro atoms. The van der Waals surface area contributed by atoms with Gasteiger partial charge in [0.25, 0.3) is 0 Å². The lowest BCUT2D eigenvalue weighted by Gasteiger charge is -2.09. The fourth-order valence-corrected chi connectivity index (χ4v) is 1.12. The monoisotopic (exact) mass is 174 g/mol. The van der Waals surface area contributed by atoms with Crippen molar-refractivity contribution < 1.29 is 4.74 Å². The molecule has 13 heavy (non-hydrogen) atoms. The van der Waals surface area contributed by atoms with E-state index in [4.69, 9.17) is 11.2 Å². The molecule has 68 valence electrons. The van der Waals surface area contributed by atoms with Crippen molar-refractivity contribution in [2.75, 3.05) is 0 Å². The molecule has 0 amide bonds. The van der Waals surface area contributed by atoms with Crippen molar-refractivity contribution in [2.45, 2.75) is 26.4 Å². The van der Waals surface area contributed by atoms with E-state index in [-0.39, 0.29) is 6.10 Å². The van der Waals surface area contributed by atoms with Gasteiger partial charge in [-0.25, -0.2) is 0 Å². The third-order valence-electron chi connectivity index (χ3n) is 1.58. The van der Waals surface area contributed by atoms with Gasteiger partial charge in [0.2, 0.25) is 0 Å². The molecule has 0 aliphatic carbocycles. The van der Waals surface area contributed by atoms with Crippen LogP contribution >= 0.6 is 0 Å². The number of hydrogen-bond acceptors (Lipinski definition) is 1. The summed E-state index contributed by atoms with van der Waals surface area (Å²) in [6.45, 7) is 4.02. The fourth-order valence-electron chi connectivity index (χ4n) is 1.12. The zero-order valence-corrected chi connectivity index (χ0v) is 8.08. The molecule has 0 aliphatic rings. The molecule has 1 aromatic rings. The highest BCUT2D eigenvalue weighted by atomic mass is 16.5. The summed E-state index contributed by atoms with van der Waals surface area (Å²) in [6.07, 6.45) is 6.09. The van der Waals surface area contributed by atoms with E-state index in [9.17, 15) is 0 Å². The van der Waals surface area contributed by atoms with Gasteiger partial charge in [0.15, 0.2) is 0 Å². The van der Waals surface area contributed by atoms with Gasteiger partial charge in [0.05, 0.1) is 6.10 Å². The highest BCUT2D eigenvalue weighted by Crippen LogP contribution is 2.14. The minimum absolute atomic E-state index is 0.209. The van der Waals surface area contributed by atoms with Gasteiger partial charge in [-0.3, -0.25) is 0 Å². The Bertz CT molecular complexity index is 307. The van der Waals surface area contributed by atoms with E-state index in [2.05, 4.69) is 5.92 Å². The summed E-state index contributed by atoms with van der Waals surface area (Å²) < 4.78 is 5.53. The van der Waals surface area contributed by atoms with Crippen LogP contribution in [0.3, 0.4) is 0 Å². The smallest absolute Gasteiger partial charge is 0.119 e. The van der Waals surface area contributed by atoms with Crippen LogP contribution in [0.5, 0.6) is 5.75 Å². The van der Waals surface area contributed by atoms with Gasteiger partial charge in [-0.1, -0.05) is 12.1 Å². The first-order valence-electron chi connectivity index (χ1n) is 4.41. The standard InChI is InChI=1S/C12H14O/c1-4-6-11-7-5-8-12(9-11)13-10(2)3/h1,5,7-10H,6H2,2-3H3. The normalized spacial score (nSPS) is 9.69. The van der Waals surface area contributed by atoms with Crippen LogP contribution in [-0.2, 0) is 6.42 Å². The first kappa shape index (κ1) is 9.67. The average Bonchev–Trinajstić information content (AvgIpc) is 2.04. The molecule has 0 saturated heterocycles. The van der Waals surface area contributed by atoms with Crippen molar-refractivity contribution >= 4 is 0 Å². The number of ether oxygens (including phenoxy) is 1. The molecule has 1 rings (SSSR count). The Morgan fingerprint density at radius 1 is 1.46 bits per heavy atom. The lowest BCUT2D eigenvalue weighted by atomic mass is 10.1. The first-order chi connectivity index (χ1) is 6.22. The summed E-state index contributed by atoms with van der Waals surface area (Å²) >= 11 is 0. The first-order valence-corrected chi connectivity index (χ1v) is 4.41. The van der Waals surface area contributed by atoms with Gasteiger partial charge in [-0.05, 0) is 31.5 Å². The highest BCUT2D eigenvalue weighted by molar-refractivity contribution is 5.30. The molecular formula is C12H14O. The molecule has 0 unspecified atom stereocenters. The number of terminal acetylenes is 1. The maximum absolute atomic E-state index is 5.53. The van der Waals surface area contributed by atoms with E-state index >= 15 is 0 Å². The van der Waals surface area contributed by atoms with Crippen LogP contribution in [0.15, 0.2) is 24.3 Å². The van der Waals surface area contributed by atoms with Crippen LogP contribution in [0.4, 0.5) is 0 Å². The van der Waals surface area contributed by atoms with Gasteiger partial charge in [-0.2, -0.15) is 0 Å². The molecule has 1 aromatic carbocycles. The zero-order chi connectivity index (χ0) is 9.68. The van der Waals surface area contributed by atoms with Crippen LogP contribution in [0.25, 0.3) is 0 Å². The molecule has 0 N–H and O–H groups in total. The van der Waals surface area contributed by atoms with Crippen LogP contribution in [-0.4, -0.2) is 6.10 Å². The maximum atomic E-state index is 5.53. The van der Waals surface area contributed by atoms with E-state index < -0.39 is 0 Å². The lowest BCUT2D eigenvalue weighted by molar-refractivity contribution is 0.242. The minimum atomic E-state index is 0.209. The predicted octanol–water partition coefficient (Wildman–Crippen LogP) is 2.65. The van der Waals surface area contributed by atoms with Crippen molar-refractivity contribution in [3.63, 3.8) is 0 Å². The van der Waals surface area contributed by atoms with E-state index in [1.54, 1.807) is 0 Å². The van der Waals surface area contributed by atoms with Crippen LogP contribution in [0, 0.1) is 12.3 Å². The van der Waals surface area contributed by atoms with Crippen molar-refractivity contribution in [1.29, 1.82) is 0 Å². The summed E-state index contributed by atoms with van der Waals surface area (Å²) in [5, 5.41) is 0. The quantitative estimate of drug-likeness (QED) is 0.640. The summed E-state index contributed by atoms with van der Waals surface area (Å²) in [5.41, 5.74) is 1.13. The minimum Gasteiger partial charge on any atom is -0.491 e. The molecular weight excluding hydrogens is 160 g/mol. The SMILES string of the molecule is C#CCc1cccc(OC(C)C)c1. The van der Waals surface area contributed by atoms with E-state index in [1.807, 2.05) is 38.1 Å². The Kier molecular flexibility index (Phi) is 3.40. The highest BCUT2D eigenvalue weighted by Gasteiger charge is 1.97. The van der Waals surface area contributed by atoms with E-state index in [1.165, 1.54) is 0 Å². The van der Waals surface area contributed by atoms with Crippen LogP contribution < -0.4 is 4.74 Å². The average molecular weight is 174 g/mol.